The Bertz CT molecular complexity index is 632. The standard InChI is InChI=1S/C13H13BrN2O/c1-7-4-5-8(2)10(6-7)12-15-9(3)11(14)13(17)16-12/h4-6H,1-3H3,(H,15,16,17). The van der Waals surface area contributed by atoms with Gasteiger partial charge in [-0.15, -0.1) is 0 Å². The van der Waals surface area contributed by atoms with Gasteiger partial charge in [0.15, 0.2) is 0 Å². The van der Waals surface area contributed by atoms with Crippen molar-refractivity contribution >= 4 is 15.9 Å². The summed E-state index contributed by atoms with van der Waals surface area (Å²) in [5.74, 6) is 0.622. The van der Waals surface area contributed by atoms with E-state index in [1.807, 2.05) is 39.0 Å². The summed E-state index contributed by atoms with van der Waals surface area (Å²) in [5, 5.41) is 0. The summed E-state index contributed by atoms with van der Waals surface area (Å²) in [6.45, 7) is 5.84. The molecule has 2 rings (SSSR count). The van der Waals surface area contributed by atoms with Gasteiger partial charge in [-0.25, -0.2) is 4.98 Å². The summed E-state index contributed by atoms with van der Waals surface area (Å²) in [6.07, 6.45) is 0. The molecule has 4 heteroatoms. The van der Waals surface area contributed by atoms with Crippen molar-refractivity contribution in [1.29, 1.82) is 0 Å². The predicted octanol–water partition coefficient (Wildman–Crippen LogP) is 3.12. The second kappa shape index (κ2) is 4.45. The van der Waals surface area contributed by atoms with E-state index in [9.17, 15) is 4.79 Å². The maximum Gasteiger partial charge on any atom is 0.265 e. The van der Waals surface area contributed by atoms with E-state index in [2.05, 4.69) is 25.9 Å². The maximum atomic E-state index is 11.7. The number of aromatic amines is 1. The van der Waals surface area contributed by atoms with Crippen molar-refractivity contribution < 1.29 is 0 Å². The number of benzene rings is 1. The van der Waals surface area contributed by atoms with Crippen molar-refractivity contribution in [2.45, 2.75) is 20.8 Å². The highest BCUT2D eigenvalue weighted by atomic mass is 79.9. The van der Waals surface area contributed by atoms with E-state index in [1.54, 1.807) is 0 Å². The maximum absolute atomic E-state index is 11.7. The largest absolute Gasteiger partial charge is 0.306 e. The molecule has 1 N–H and O–H groups in total. The lowest BCUT2D eigenvalue weighted by atomic mass is 10.1. The molecule has 0 saturated carbocycles. The van der Waals surface area contributed by atoms with Crippen LogP contribution in [0, 0.1) is 20.8 Å². The van der Waals surface area contributed by atoms with Crippen LogP contribution in [-0.4, -0.2) is 9.97 Å². The number of hydrogen-bond acceptors (Lipinski definition) is 2. The van der Waals surface area contributed by atoms with E-state index in [4.69, 9.17) is 0 Å². The van der Waals surface area contributed by atoms with Crippen molar-refractivity contribution in [3.63, 3.8) is 0 Å². The van der Waals surface area contributed by atoms with Gasteiger partial charge in [-0.2, -0.15) is 0 Å². The zero-order valence-electron chi connectivity index (χ0n) is 9.97. The molecular weight excluding hydrogens is 280 g/mol. The fourth-order valence-electron chi connectivity index (χ4n) is 1.69. The van der Waals surface area contributed by atoms with Crippen LogP contribution in [0.5, 0.6) is 0 Å². The first kappa shape index (κ1) is 12.0. The predicted molar refractivity (Wildman–Crippen MR) is 72.2 cm³/mol. The molecule has 1 aromatic carbocycles. The summed E-state index contributed by atoms with van der Waals surface area (Å²) in [7, 11) is 0. The van der Waals surface area contributed by atoms with E-state index >= 15 is 0 Å². The van der Waals surface area contributed by atoms with E-state index in [0.717, 1.165) is 16.7 Å². The summed E-state index contributed by atoms with van der Waals surface area (Å²) in [6, 6.07) is 6.10. The van der Waals surface area contributed by atoms with Crippen LogP contribution in [0.1, 0.15) is 16.8 Å². The monoisotopic (exact) mass is 292 g/mol. The van der Waals surface area contributed by atoms with E-state index in [0.29, 0.717) is 16.0 Å². The molecule has 0 spiro atoms. The molecule has 1 aromatic heterocycles. The van der Waals surface area contributed by atoms with Gasteiger partial charge >= 0.3 is 0 Å². The third-order valence-corrected chi connectivity index (χ3v) is 3.61. The Morgan fingerprint density at radius 1 is 1.24 bits per heavy atom. The Balaban J connectivity index is 2.69. The van der Waals surface area contributed by atoms with Gasteiger partial charge in [0, 0.05) is 5.56 Å². The Morgan fingerprint density at radius 2 is 1.94 bits per heavy atom. The van der Waals surface area contributed by atoms with Crippen molar-refractivity contribution in [3.8, 4) is 11.4 Å². The molecule has 0 aliphatic heterocycles. The highest BCUT2D eigenvalue weighted by molar-refractivity contribution is 9.10. The molecule has 17 heavy (non-hydrogen) atoms. The van der Waals surface area contributed by atoms with Gasteiger partial charge in [0.2, 0.25) is 0 Å². The topological polar surface area (TPSA) is 45.8 Å². The Morgan fingerprint density at radius 3 is 2.59 bits per heavy atom. The molecule has 2 aromatic rings. The normalized spacial score (nSPS) is 10.6. The van der Waals surface area contributed by atoms with Gasteiger partial charge in [0.25, 0.3) is 5.56 Å². The molecular formula is C13H13BrN2O. The van der Waals surface area contributed by atoms with Crippen LogP contribution in [0.4, 0.5) is 0 Å². The molecule has 0 atom stereocenters. The van der Waals surface area contributed by atoms with Gasteiger partial charge in [0.05, 0.1) is 5.69 Å². The van der Waals surface area contributed by atoms with Gasteiger partial charge in [0.1, 0.15) is 10.3 Å². The second-order valence-electron chi connectivity index (χ2n) is 4.13. The minimum absolute atomic E-state index is 0.145. The zero-order valence-corrected chi connectivity index (χ0v) is 11.6. The van der Waals surface area contributed by atoms with E-state index in [1.165, 1.54) is 0 Å². The van der Waals surface area contributed by atoms with E-state index in [-0.39, 0.29) is 5.56 Å². The Labute approximate surface area is 108 Å². The number of H-pyrrole nitrogens is 1. The van der Waals surface area contributed by atoms with Crippen LogP contribution in [-0.2, 0) is 0 Å². The summed E-state index contributed by atoms with van der Waals surface area (Å²) in [4.78, 5) is 18.9. The minimum Gasteiger partial charge on any atom is -0.306 e. The van der Waals surface area contributed by atoms with Crippen molar-refractivity contribution in [2.75, 3.05) is 0 Å². The fraction of sp³-hybridized carbons (Fsp3) is 0.231. The Kier molecular flexibility index (Phi) is 3.15. The molecule has 0 fully saturated rings. The minimum atomic E-state index is -0.145. The SMILES string of the molecule is Cc1ccc(C)c(-c2nc(C)c(Br)c(=O)[nH]2)c1. The van der Waals surface area contributed by atoms with Crippen molar-refractivity contribution in [2.24, 2.45) is 0 Å². The molecule has 0 amide bonds. The number of aromatic nitrogens is 2. The Hall–Kier alpha value is -1.42. The van der Waals surface area contributed by atoms with Crippen LogP contribution in [0.3, 0.4) is 0 Å². The summed E-state index contributed by atoms with van der Waals surface area (Å²) >= 11 is 3.21. The van der Waals surface area contributed by atoms with Gasteiger partial charge in [-0.1, -0.05) is 17.7 Å². The lowest BCUT2D eigenvalue weighted by Crippen LogP contribution is -2.12. The number of nitrogens with one attached hydrogen (secondary N) is 1. The average molecular weight is 293 g/mol. The molecule has 0 unspecified atom stereocenters. The van der Waals surface area contributed by atoms with Crippen LogP contribution in [0.25, 0.3) is 11.4 Å². The molecule has 0 aliphatic carbocycles. The van der Waals surface area contributed by atoms with Gasteiger partial charge < -0.3 is 4.98 Å². The van der Waals surface area contributed by atoms with Crippen LogP contribution in [0.15, 0.2) is 27.5 Å². The highest BCUT2D eigenvalue weighted by Crippen LogP contribution is 2.21. The molecule has 88 valence electrons. The quantitative estimate of drug-likeness (QED) is 0.878. The fourth-order valence-corrected chi connectivity index (χ4v) is 1.88. The highest BCUT2D eigenvalue weighted by Gasteiger charge is 2.09. The third-order valence-electron chi connectivity index (χ3n) is 2.68. The van der Waals surface area contributed by atoms with E-state index < -0.39 is 0 Å². The summed E-state index contributed by atoms with van der Waals surface area (Å²) < 4.78 is 0.492. The summed E-state index contributed by atoms with van der Waals surface area (Å²) in [5.41, 5.74) is 3.77. The molecule has 0 aliphatic rings. The first-order valence-corrected chi connectivity index (χ1v) is 6.12. The third kappa shape index (κ3) is 2.31. The van der Waals surface area contributed by atoms with Gasteiger partial charge in [-0.3, -0.25) is 4.79 Å². The lowest BCUT2D eigenvalue weighted by Gasteiger charge is -2.07. The first-order chi connectivity index (χ1) is 7.99. The molecule has 1 heterocycles. The first-order valence-electron chi connectivity index (χ1n) is 5.33. The number of rotatable bonds is 1. The smallest absolute Gasteiger partial charge is 0.265 e. The van der Waals surface area contributed by atoms with Crippen molar-refractivity contribution in [1.82, 2.24) is 9.97 Å². The molecule has 3 nitrogen and oxygen atoms in total. The number of nitrogens with zero attached hydrogens (tertiary/aromatic N) is 1. The molecule has 0 saturated heterocycles. The number of hydrogen-bond donors (Lipinski definition) is 1. The molecule has 0 radical (unpaired) electrons. The number of halogens is 1. The second-order valence-corrected chi connectivity index (χ2v) is 4.93. The van der Waals surface area contributed by atoms with Gasteiger partial charge in [-0.05, 0) is 48.3 Å². The van der Waals surface area contributed by atoms with Crippen LogP contribution < -0.4 is 5.56 Å². The average Bonchev–Trinajstić information content (AvgIpc) is 2.28. The lowest BCUT2D eigenvalue weighted by molar-refractivity contribution is 1.05. The molecule has 0 bridgehead atoms. The van der Waals surface area contributed by atoms with Crippen LogP contribution in [0.2, 0.25) is 0 Å². The number of aryl methyl sites for hydroxylation is 3. The van der Waals surface area contributed by atoms with Crippen LogP contribution >= 0.6 is 15.9 Å². The van der Waals surface area contributed by atoms with Crippen molar-refractivity contribution in [3.05, 3.63) is 49.8 Å². The zero-order chi connectivity index (χ0) is 12.6.